The van der Waals surface area contributed by atoms with Crippen LogP contribution in [0.25, 0.3) is 12.2 Å². The van der Waals surface area contributed by atoms with E-state index in [9.17, 15) is 4.79 Å². The van der Waals surface area contributed by atoms with Crippen molar-refractivity contribution in [2.45, 2.75) is 34.1 Å². The number of fused-ring (bicyclic) bond motifs is 2. The summed E-state index contributed by atoms with van der Waals surface area (Å²) in [6, 6.07) is 20.0. The van der Waals surface area contributed by atoms with Gasteiger partial charge in [0.25, 0.3) is 0 Å². The maximum absolute atomic E-state index is 12.2. The summed E-state index contributed by atoms with van der Waals surface area (Å²) < 4.78 is 6.21. The fourth-order valence-corrected chi connectivity index (χ4v) is 3.50. The predicted molar refractivity (Wildman–Crippen MR) is 117 cm³/mol. The molecule has 1 heterocycles. The van der Waals surface area contributed by atoms with Gasteiger partial charge in [-0.15, -0.1) is 0 Å². The molecule has 0 radical (unpaired) electrons. The molecule has 0 aliphatic carbocycles. The number of hydrogen-bond donors (Lipinski definition) is 0. The molecule has 0 atom stereocenters. The lowest BCUT2D eigenvalue weighted by Crippen LogP contribution is -2.20. The van der Waals surface area contributed by atoms with Crippen LogP contribution < -0.4 is 15.2 Å². The van der Waals surface area contributed by atoms with E-state index in [0.29, 0.717) is 0 Å². The molecule has 2 heteroatoms. The summed E-state index contributed by atoms with van der Waals surface area (Å²) in [6.45, 7) is 11.8. The van der Waals surface area contributed by atoms with Gasteiger partial charge in [0.05, 0.1) is 0 Å². The molecule has 0 saturated carbocycles. The molecule has 4 rings (SSSR count). The largest absolute Gasteiger partial charge is 0.456 e. The summed E-state index contributed by atoms with van der Waals surface area (Å²) in [4.78, 5) is 12.2. The first kappa shape index (κ1) is 19.6. The number of rotatable bonds is 3. The Kier molecular flexibility index (Phi) is 5.79. The third kappa shape index (κ3) is 3.50. The molecular weight excluding hydrogens is 344 g/mol. The van der Waals surface area contributed by atoms with Gasteiger partial charge in [0.15, 0.2) is 5.78 Å². The Balaban J connectivity index is 0.00000109. The summed E-state index contributed by atoms with van der Waals surface area (Å²) in [5.74, 6) is 1.67. The van der Waals surface area contributed by atoms with Crippen LogP contribution in [0.2, 0.25) is 0 Å². The molecule has 0 unspecified atom stereocenters. The van der Waals surface area contributed by atoms with E-state index in [4.69, 9.17) is 4.74 Å². The smallest absolute Gasteiger partial charge is 0.160 e. The molecule has 0 fully saturated rings. The van der Waals surface area contributed by atoms with Crippen LogP contribution in [0.3, 0.4) is 0 Å². The Morgan fingerprint density at radius 1 is 0.929 bits per heavy atom. The number of ketones is 1. The van der Waals surface area contributed by atoms with E-state index < -0.39 is 0 Å². The van der Waals surface area contributed by atoms with Crippen molar-refractivity contribution in [2.75, 3.05) is 0 Å². The Bertz CT molecular complexity index is 1140. The van der Waals surface area contributed by atoms with Crippen LogP contribution >= 0.6 is 0 Å². The van der Waals surface area contributed by atoms with Gasteiger partial charge in [0.1, 0.15) is 11.5 Å². The quantitative estimate of drug-likeness (QED) is 0.461. The Morgan fingerprint density at radius 2 is 1.68 bits per heavy atom. The molecule has 3 aromatic carbocycles. The lowest BCUT2D eigenvalue weighted by Gasteiger charge is -2.23. The maximum Gasteiger partial charge on any atom is 0.160 e. The molecule has 0 spiro atoms. The number of benzene rings is 3. The van der Waals surface area contributed by atoms with E-state index in [1.165, 1.54) is 5.56 Å². The monoisotopic (exact) mass is 370 g/mol. The van der Waals surface area contributed by atoms with Gasteiger partial charge in [0, 0.05) is 21.9 Å². The molecule has 28 heavy (non-hydrogen) atoms. The Hall–Kier alpha value is -3.13. The molecule has 1 aliphatic rings. The summed E-state index contributed by atoms with van der Waals surface area (Å²) in [5, 5.41) is 1.89. The summed E-state index contributed by atoms with van der Waals surface area (Å²) in [6.07, 6.45) is 0.943. The molecular formula is C26H26O2. The minimum Gasteiger partial charge on any atom is -0.456 e. The van der Waals surface area contributed by atoms with E-state index in [2.05, 4.69) is 31.7 Å². The minimum atomic E-state index is 0.0571. The summed E-state index contributed by atoms with van der Waals surface area (Å²) >= 11 is 0. The number of aryl methyl sites for hydroxylation is 1. The zero-order valence-corrected chi connectivity index (χ0v) is 17.0. The molecule has 0 bridgehead atoms. The second kappa shape index (κ2) is 8.26. The van der Waals surface area contributed by atoms with E-state index >= 15 is 0 Å². The molecule has 0 aromatic heterocycles. The van der Waals surface area contributed by atoms with Crippen molar-refractivity contribution in [1.82, 2.24) is 0 Å². The predicted octanol–water partition coefficient (Wildman–Crippen LogP) is 5.24. The van der Waals surface area contributed by atoms with Crippen molar-refractivity contribution in [3.05, 3.63) is 93.4 Å². The van der Waals surface area contributed by atoms with Crippen molar-refractivity contribution in [3.8, 4) is 11.5 Å². The van der Waals surface area contributed by atoms with E-state index in [-0.39, 0.29) is 5.78 Å². The van der Waals surface area contributed by atoms with Crippen LogP contribution in [0.4, 0.5) is 0 Å². The van der Waals surface area contributed by atoms with Gasteiger partial charge in [0.2, 0.25) is 0 Å². The second-order valence-corrected chi connectivity index (χ2v) is 6.59. The Morgan fingerprint density at radius 3 is 2.39 bits per heavy atom. The SMILES string of the molecule is C=c1ccc2c(c1)Oc1cc(CC)ccc1C=2c1ccccc1C(C)=O.CC. The first-order valence-electron chi connectivity index (χ1n) is 9.83. The molecule has 1 aliphatic heterocycles. The second-order valence-electron chi connectivity index (χ2n) is 6.59. The van der Waals surface area contributed by atoms with Crippen molar-refractivity contribution in [1.29, 1.82) is 0 Å². The standard InChI is InChI=1S/C24H20O2.C2H6/c1-4-17-10-12-21-23(14-17)26-22-13-15(2)9-11-20(22)24(21)19-8-6-5-7-18(19)16(3)25;1-2/h5-14H,2,4H2,1,3H3;1-2H3. The molecule has 2 nitrogen and oxygen atoms in total. The molecule has 0 saturated heterocycles. The third-order valence-electron chi connectivity index (χ3n) is 4.83. The lowest BCUT2D eigenvalue weighted by molar-refractivity contribution is 0.101. The minimum absolute atomic E-state index is 0.0571. The van der Waals surface area contributed by atoms with E-state index in [0.717, 1.165) is 50.6 Å². The van der Waals surface area contributed by atoms with Gasteiger partial charge in [-0.2, -0.15) is 0 Å². The number of hydrogen-bond acceptors (Lipinski definition) is 2. The van der Waals surface area contributed by atoms with Gasteiger partial charge in [-0.3, -0.25) is 4.79 Å². The fraction of sp³-hybridized carbons (Fsp3) is 0.192. The molecule has 3 aromatic rings. The van der Waals surface area contributed by atoms with Gasteiger partial charge in [-0.05, 0) is 41.8 Å². The summed E-state index contributed by atoms with van der Waals surface area (Å²) in [7, 11) is 0. The normalized spacial score (nSPS) is 11.5. The van der Waals surface area contributed by atoms with Gasteiger partial charge >= 0.3 is 0 Å². The number of carbonyl (C=O) groups excluding carboxylic acids is 1. The van der Waals surface area contributed by atoms with Crippen molar-refractivity contribution >= 4 is 17.9 Å². The highest BCUT2D eigenvalue weighted by Gasteiger charge is 2.22. The van der Waals surface area contributed by atoms with Crippen molar-refractivity contribution < 1.29 is 9.53 Å². The average Bonchev–Trinajstić information content (AvgIpc) is 2.72. The van der Waals surface area contributed by atoms with Crippen LogP contribution in [0.15, 0.2) is 60.7 Å². The van der Waals surface area contributed by atoms with E-state index in [1.54, 1.807) is 6.92 Å². The van der Waals surface area contributed by atoms with E-state index in [1.807, 2.05) is 56.3 Å². The van der Waals surface area contributed by atoms with Crippen molar-refractivity contribution in [3.63, 3.8) is 0 Å². The van der Waals surface area contributed by atoms with Gasteiger partial charge in [-0.1, -0.05) is 75.9 Å². The van der Waals surface area contributed by atoms with Gasteiger partial charge < -0.3 is 4.74 Å². The van der Waals surface area contributed by atoms with Crippen LogP contribution in [-0.4, -0.2) is 5.78 Å². The highest BCUT2D eigenvalue weighted by Crippen LogP contribution is 2.37. The van der Waals surface area contributed by atoms with Crippen LogP contribution in [0.5, 0.6) is 11.5 Å². The highest BCUT2D eigenvalue weighted by molar-refractivity contribution is 6.01. The van der Waals surface area contributed by atoms with Gasteiger partial charge in [-0.25, -0.2) is 0 Å². The first-order valence-corrected chi connectivity index (χ1v) is 9.83. The zero-order chi connectivity index (χ0) is 20.3. The topological polar surface area (TPSA) is 26.3 Å². The number of carbonyl (C=O) groups is 1. The van der Waals surface area contributed by atoms with Crippen LogP contribution in [0.1, 0.15) is 54.7 Å². The van der Waals surface area contributed by atoms with Crippen LogP contribution in [-0.2, 0) is 6.42 Å². The molecule has 0 amide bonds. The van der Waals surface area contributed by atoms with Crippen molar-refractivity contribution in [2.24, 2.45) is 0 Å². The highest BCUT2D eigenvalue weighted by atomic mass is 16.5. The maximum atomic E-state index is 12.2. The fourth-order valence-electron chi connectivity index (χ4n) is 3.50. The van der Waals surface area contributed by atoms with Crippen LogP contribution in [0, 0.1) is 0 Å². The summed E-state index contributed by atoms with van der Waals surface area (Å²) in [5.41, 5.74) is 4.93. The first-order chi connectivity index (χ1) is 13.6. The molecule has 0 N–H and O–H groups in total. The number of Topliss-reactive ketones (excluding diaryl/α,β-unsaturated/α-hetero) is 1. The average molecular weight is 370 g/mol. The Labute approximate surface area is 166 Å². The number of ether oxygens (including phenoxy) is 1. The lowest BCUT2D eigenvalue weighted by atomic mass is 9.88. The molecule has 142 valence electrons. The zero-order valence-electron chi connectivity index (χ0n) is 17.0. The third-order valence-corrected chi connectivity index (χ3v) is 4.83.